The second kappa shape index (κ2) is 7.63. The van der Waals surface area contributed by atoms with Crippen LogP contribution in [0.15, 0.2) is 22.7 Å². The van der Waals surface area contributed by atoms with Gasteiger partial charge < -0.3 is 10.1 Å². The fraction of sp³-hybridized carbons (Fsp3) is 0.500. The van der Waals surface area contributed by atoms with E-state index < -0.39 is 0 Å². The lowest BCUT2D eigenvalue weighted by Crippen LogP contribution is -2.22. The van der Waals surface area contributed by atoms with Gasteiger partial charge in [0, 0.05) is 6.54 Å². The quantitative estimate of drug-likeness (QED) is 0.777. The number of hydrogen-bond acceptors (Lipinski definition) is 2. The smallest absolute Gasteiger partial charge is 0.133 e. The van der Waals surface area contributed by atoms with Gasteiger partial charge in [-0.1, -0.05) is 13.3 Å². The Morgan fingerprint density at radius 1 is 1.38 bits per heavy atom. The molecule has 0 bridgehead atoms. The number of ether oxygens (including phenoxy) is 1. The van der Waals surface area contributed by atoms with E-state index in [9.17, 15) is 4.39 Å². The minimum Gasteiger partial charge on any atom is -0.491 e. The largest absolute Gasteiger partial charge is 0.491 e. The van der Waals surface area contributed by atoms with Crippen molar-refractivity contribution in [3.8, 4) is 5.75 Å². The molecule has 2 nitrogen and oxygen atoms in total. The number of rotatable bonds is 7. The molecule has 16 heavy (non-hydrogen) atoms. The molecule has 4 heteroatoms. The Balaban J connectivity index is 2.21. The zero-order valence-corrected chi connectivity index (χ0v) is 11.0. The summed E-state index contributed by atoms with van der Waals surface area (Å²) in [4.78, 5) is 0. The zero-order valence-electron chi connectivity index (χ0n) is 9.43. The Morgan fingerprint density at radius 3 is 2.88 bits per heavy atom. The van der Waals surface area contributed by atoms with Crippen LogP contribution in [0.3, 0.4) is 0 Å². The molecule has 0 saturated carbocycles. The Morgan fingerprint density at radius 2 is 2.19 bits per heavy atom. The maximum atomic E-state index is 12.8. The second-order valence-electron chi connectivity index (χ2n) is 3.53. The van der Waals surface area contributed by atoms with Crippen LogP contribution in [-0.4, -0.2) is 19.7 Å². The SMILES string of the molecule is CCCCNCCOc1ccc(F)cc1Br. The summed E-state index contributed by atoms with van der Waals surface area (Å²) in [6, 6.07) is 4.43. The van der Waals surface area contributed by atoms with E-state index in [4.69, 9.17) is 4.74 Å². The molecule has 0 aliphatic rings. The van der Waals surface area contributed by atoms with Crippen LogP contribution >= 0.6 is 15.9 Å². The van der Waals surface area contributed by atoms with Gasteiger partial charge in [0.1, 0.15) is 18.2 Å². The average molecular weight is 290 g/mol. The Bertz CT molecular complexity index is 320. The van der Waals surface area contributed by atoms with Gasteiger partial charge in [-0.2, -0.15) is 0 Å². The molecule has 1 rings (SSSR count). The first-order chi connectivity index (χ1) is 7.74. The van der Waals surface area contributed by atoms with Gasteiger partial charge in [0.15, 0.2) is 0 Å². The van der Waals surface area contributed by atoms with Gasteiger partial charge in [-0.3, -0.25) is 0 Å². The summed E-state index contributed by atoms with van der Waals surface area (Å²) in [5, 5.41) is 3.27. The van der Waals surface area contributed by atoms with Crippen LogP contribution in [0.4, 0.5) is 4.39 Å². The van der Waals surface area contributed by atoms with Crippen molar-refractivity contribution < 1.29 is 9.13 Å². The molecule has 0 heterocycles. The van der Waals surface area contributed by atoms with Crippen molar-refractivity contribution >= 4 is 15.9 Å². The first-order valence-corrected chi connectivity index (χ1v) is 6.32. The van der Waals surface area contributed by atoms with Crippen LogP contribution in [0.2, 0.25) is 0 Å². The van der Waals surface area contributed by atoms with E-state index in [-0.39, 0.29) is 5.82 Å². The molecule has 0 unspecified atom stereocenters. The topological polar surface area (TPSA) is 21.3 Å². The first-order valence-electron chi connectivity index (χ1n) is 5.52. The summed E-state index contributed by atoms with van der Waals surface area (Å²) < 4.78 is 18.9. The van der Waals surface area contributed by atoms with Crippen molar-refractivity contribution in [2.45, 2.75) is 19.8 Å². The number of halogens is 2. The lowest BCUT2D eigenvalue weighted by molar-refractivity contribution is 0.311. The van der Waals surface area contributed by atoms with E-state index in [0.717, 1.165) is 13.1 Å². The third kappa shape index (κ3) is 4.94. The number of hydrogen-bond donors (Lipinski definition) is 1. The predicted molar refractivity (Wildman–Crippen MR) is 67.4 cm³/mol. The molecular weight excluding hydrogens is 273 g/mol. The number of benzene rings is 1. The first kappa shape index (κ1) is 13.5. The van der Waals surface area contributed by atoms with E-state index >= 15 is 0 Å². The number of nitrogens with one attached hydrogen (secondary N) is 1. The predicted octanol–water partition coefficient (Wildman–Crippen LogP) is 3.36. The molecule has 1 N–H and O–H groups in total. The maximum Gasteiger partial charge on any atom is 0.133 e. The molecule has 0 radical (unpaired) electrons. The molecule has 0 spiro atoms. The molecule has 0 atom stereocenters. The average Bonchev–Trinajstić information content (AvgIpc) is 2.26. The van der Waals surface area contributed by atoms with E-state index in [1.807, 2.05) is 0 Å². The van der Waals surface area contributed by atoms with Gasteiger partial charge in [0.25, 0.3) is 0 Å². The van der Waals surface area contributed by atoms with E-state index in [1.54, 1.807) is 6.07 Å². The van der Waals surface area contributed by atoms with Crippen LogP contribution in [0.1, 0.15) is 19.8 Å². The summed E-state index contributed by atoms with van der Waals surface area (Å²) in [5.74, 6) is 0.416. The van der Waals surface area contributed by atoms with Gasteiger partial charge in [-0.05, 0) is 47.1 Å². The van der Waals surface area contributed by atoms with Crippen molar-refractivity contribution in [1.82, 2.24) is 5.32 Å². The van der Waals surface area contributed by atoms with Crippen LogP contribution in [0.5, 0.6) is 5.75 Å². The lowest BCUT2D eigenvalue weighted by Gasteiger charge is -2.08. The van der Waals surface area contributed by atoms with E-state index in [0.29, 0.717) is 16.8 Å². The van der Waals surface area contributed by atoms with Crippen molar-refractivity contribution in [2.75, 3.05) is 19.7 Å². The monoisotopic (exact) mass is 289 g/mol. The Hall–Kier alpha value is -0.610. The van der Waals surface area contributed by atoms with Crippen LogP contribution < -0.4 is 10.1 Å². The normalized spacial score (nSPS) is 10.4. The highest BCUT2D eigenvalue weighted by molar-refractivity contribution is 9.10. The van der Waals surface area contributed by atoms with Gasteiger partial charge >= 0.3 is 0 Å². The fourth-order valence-corrected chi connectivity index (χ4v) is 1.72. The van der Waals surface area contributed by atoms with Crippen molar-refractivity contribution in [3.63, 3.8) is 0 Å². The summed E-state index contributed by atoms with van der Waals surface area (Å²) in [6.45, 7) is 4.58. The third-order valence-corrected chi connectivity index (χ3v) is 2.76. The molecule has 1 aromatic carbocycles. The van der Waals surface area contributed by atoms with Gasteiger partial charge in [0.05, 0.1) is 4.47 Å². The van der Waals surface area contributed by atoms with Crippen LogP contribution in [0, 0.1) is 5.82 Å². The molecule has 0 amide bonds. The Labute approximate surface area is 104 Å². The second-order valence-corrected chi connectivity index (χ2v) is 4.38. The van der Waals surface area contributed by atoms with Crippen molar-refractivity contribution in [3.05, 3.63) is 28.5 Å². The minimum absolute atomic E-state index is 0.264. The van der Waals surface area contributed by atoms with E-state index in [1.165, 1.54) is 25.0 Å². The standard InChI is InChI=1S/C12H17BrFNO/c1-2-3-6-15-7-8-16-12-5-4-10(14)9-11(12)13/h4-5,9,15H,2-3,6-8H2,1H3. The fourth-order valence-electron chi connectivity index (χ4n) is 1.25. The maximum absolute atomic E-state index is 12.8. The molecule has 0 aliphatic heterocycles. The lowest BCUT2D eigenvalue weighted by atomic mass is 10.3. The Kier molecular flexibility index (Phi) is 6.42. The van der Waals surface area contributed by atoms with Crippen LogP contribution in [0.25, 0.3) is 0 Å². The minimum atomic E-state index is -0.264. The third-order valence-electron chi connectivity index (χ3n) is 2.14. The highest BCUT2D eigenvalue weighted by atomic mass is 79.9. The number of unbranched alkanes of at least 4 members (excludes halogenated alkanes) is 1. The highest BCUT2D eigenvalue weighted by Crippen LogP contribution is 2.25. The van der Waals surface area contributed by atoms with Gasteiger partial charge in [0.2, 0.25) is 0 Å². The van der Waals surface area contributed by atoms with Crippen molar-refractivity contribution in [2.24, 2.45) is 0 Å². The molecule has 0 fully saturated rings. The van der Waals surface area contributed by atoms with Crippen molar-refractivity contribution in [1.29, 1.82) is 0 Å². The van der Waals surface area contributed by atoms with Crippen LogP contribution in [-0.2, 0) is 0 Å². The zero-order chi connectivity index (χ0) is 11.8. The summed E-state index contributed by atoms with van der Waals surface area (Å²) in [6.07, 6.45) is 2.37. The molecule has 90 valence electrons. The van der Waals surface area contributed by atoms with Gasteiger partial charge in [-0.25, -0.2) is 4.39 Å². The molecule has 0 aromatic heterocycles. The van der Waals surface area contributed by atoms with E-state index in [2.05, 4.69) is 28.2 Å². The summed E-state index contributed by atoms with van der Waals surface area (Å²) in [7, 11) is 0. The molecule has 1 aromatic rings. The van der Waals surface area contributed by atoms with Gasteiger partial charge in [-0.15, -0.1) is 0 Å². The molecule has 0 aliphatic carbocycles. The highest BCUT2D eigenvalue weighted by Gasteiger charge is 2.01. The summed E-state index contributed by atoms with van der Waals surface area (Å²) in [5.41, 5.74) is 0. The molecule has 0 saturated heterocycles. The molecular formula is C12H17BrFNO. The summed E-state index contributed by atoms with van der Waals surface area (Å²) >= 11 is 3.26.